The molecule has 0 radical (unpaired) electrons. The summed E-state index contributed by atoms with van der Waals surface area (Å²) in [6.07, 6.45) is 2.15. The molecule has 1 saturated heterocycles. The molecule has 0 saturated carbocycles. The molecule has 1 atom stereocenters. The summed E-state index contributed by atoms with van der Waals surface area (Å²) in [5.74, 6) is 0.632. The number of halogens is 1. The SMILES string of the molecule is COc1c(O)ccc(Cl)c1C1CCCN1. The molecule has 82 valence electrons. The van der Waals surface area contributed by atoms with Gasteiger partial charge in [-0.1, -0.05) is 11.6 Å². The lowest BCUT2D eigenvalue weighted by molar-refractivity contribution is 0.364. The lowest BCUT2D eigenvalue weighted by atomic mass is 10.0. The summed E-state index contributed by atoms with van der Waals surface area (Å²) in [4.78, 5) is 0. The van der Waals surface area contributed by atoms with Gasteiger partial charge in [0.2, 0.25) is 0 Å². The van der Waals surface area contributed by atoms with Crippen LogP contribution in [0.3, 0.4) is 0 Å². The van der Waals surface area contributed by atoms with Crippen LogP contribution in [0.15, 0.2) is 12.1 Å². The molecular weight excluding hydrogens is 214 g/mol. The number of methoxy groups -OCH3 is 1. The van der Waals surface area contributed by atoms with Gasteiger partial charge in [-0.05, 0) is 31.5 Å². The van der Waals surface area contributed by atoms with Crippen molar-refractivity contribution in [3.05, 3.63) is 22.7 Å². The predicted molar refractivity (Wildman–Crippen MR) is 59.6 cm³/mol. The van der Waals surface area contributed by atoms with E-state index in [0.29, 0.717) is 10.8 Å². The molecule has 1 aliphatic rings. The molecule has 1 heterocycles. The van der Waals surface area contributed by atoms with E-state index in [0.717, 1.165) is 24.9 Å². The van der Waals surface area contributed by atoms with Crippen molar-refractivity contribution in [3.8, 4) is 11.5 Å². The standard InChI is InChI=1S/C11H14ClNO2/c1-15-11-9(14)5-4-7(12)10(11)8-3-2-6-13-8/h4-5,8,13-14H,2-3,6H2,1H3. The normalized spacial score (nSPS) is 20.5. The van der Waals surface area contributed by atoms with Gasteiger partial charge in [-0.3, -0.25) is 0 Å². The molecule has 0 aliphatic carbocycles. The lowest BCUT2D eigenvalue weighted by Crippen LogP contribution is -2.14. The Balaban J connectivity index is 2.46. The van der Waals surface area contributed by atoms with Crippen LogP contribution in [0.5, 0.6) is 11.5 Å². The molecule has 0 amide bonds. The highest BCUT2D eigenvalue weighted by Crippen LogP contribution is 2.41. The third-order valence-corrected chi connectivity index (χ3v) is 3.06. The Bertz CT molecular complexity index is 362. The average Bonchev–Trinajstić information content (AvgIpc) is 2.74. The van der Waals surface area contributed by atoms with E-state index >= 15 is 0 Å². The summed E-state index contributed by atoms with van der Waals surface area (Å²) in [5.41, 5.74) is 0.872. The van der Waals surface area contributed by atoms with E-state index in [1.165, 1.54) is 0 Å². The zero-order valence-corrected chi connectivity index (χ0v) is 9.34. The summed E-state index contributed by atoms with van der Waals surface area (Å²) in [6, 6.07) is 3.45. The Kier molecular flexibility index (Phi) is 3.03. The van der Waals surface area contributed by atoms with E-state index in [1.54, 1.807) is 19.2 Å². The topological polar surface area (TPSA) is 41.5 Å². The van der Waals surface area contributed by atoms with E-state index in [1.807, 2.05) is 0 Å². The average molecular weight is 228 g/mol. The van der Waals surface area contributed by atoms with E-state index in [-0.39, 0.29) is 11.8 Å². The van der Waals surface area contributed by atoms with Gasteiger partial charge in [0.15, 0.2) is 11.5 Å². The Hall–Kier alpha value is -0.930. The molecule has 2 N–H and O–H groups in total. The van der Waals surface area contributed by atoms with Crippen LogP contribution in [-0.4, -0.2) is 18.8 Å². The summed E-state index contributed by atoms with van der Waals surface area (Å²) in [7, 11) is 1.55. The highest BCUT2D eigenvalue weighted by molar-refractivity contribution is 6.31. The molecule has 0 bridgehead atoms. The number of ether oxygens (including phenoxy) is 1. The quantitative estimate of drug-likeness (QED) is 0.816. The molecule has 1 fully saturated rings. The van der Waals surface area contributed by atoms with Crippen molar-refractivity contribution in [2.75, 3.05) is 13.7 Å². The van der Waals surface area contributed by atoms with Crippen LogP contribution >= 0.6 is 11.6 Å². The fourth-order valence-electron chi connectivity index (χ4n) is 2.03. The van der Waals surface area contributed by atoms with Gasteiger partial charge in [0.1, 0.15) is 0 Å². The molecule has 3 nitrogen and oxygen atoms in total. The maximum atomic E-state index is 9.66. The minimum absolute atomic E-state index is 0.144. The first-order valence-corrected chi connectivity index (χ1v) is 5.40. The van der Waals surface area contributed by atoms with Crippen LogP contribution in [0, 0.1) is 0 Å². The van der Waals surface area contributed by atoms with Crippen molar-refractivity contribution < 1.29 is 9.84 Å². The van der Waals surface area contributed by atoms with Crippen LogP contribution in [0.4, 0.5) is 0 Å². The van der Waals surface area contributed by atoms with Crippen LogP contribution in [0.25, 0.3) is 0 Å². The number of hydrogen-bond acceptors (Lipinski definition) is 3. The van der Waals surface area contributed by atoms with Crippen LogP contribution < -0.4 is 10.1 Å². The Morgan fingerprint density at radius 2 is 2.33 bits per heavy atom. The fraction of sp³-hybridized carbons (Fsp3) is 0.455. The molecular formula is C11H14ClNO2. The maximum absolute atomic E-state index is 9.66. The molecule has 2 rings (SSSR count). The van der Waals surface area contributed by atoms with E-state index in [4.69, 9.17) is 16.3 Å². The van der Waals surface area contributed by atoms with Crippen molar-refractivity contribution in [1.82, 2.24) is 5.32 Å². The predicted octanol–water partition coefficient (Wildman–Crippen LogP) is 2.48. The third-order valence-electron chi connectivity index (χ3n) is 2.73. The number of hydrogen-bond donors (Lipinski definition) is 2. The van der Waals surface area contributed by atoms with Crippen molar-refractivity contribution >= 4 is 11.6 Å². The highest BCUT2D eigenvalue weighted by Gasteiger charge is 2.24. The maximum Gasteiger partial charge on any atom is 0.166 e. The Morgan fingerprint density at radius 3 is 2.93 bits per heavy atom. The first-order chi connectivity index (χ1) is 7.24. The summed E-state index contributed by atoms with van der Waals surface area (Å²) >= 11 is 6.13. The summed E-state index contributed by atoms with van der Waals surface area (Å²) < 4.78 is 5.19. The van der Waals surface area contributed by atoms with Gasteiger partial charge in [0, 0.05) is 16.6 Å². The summed E-state index contributed by atoms with van der Waals surface area (Å²) in [5, 5.41) is 13.6. The monoisotopic (exact) mass is 227 g/mol. The lowest BCUT2D eigenvalue weighted by Gasteiger charge is -2.17. The number of benzene rings is 1. The van der Waals surface area contributed by atoms with E-state index < -0.39 is 0 Å². The van der Waals surface area contributed by atoms with Gasteiger partial charge in [0.25, 0.3) is 0 Å². The van der Waals surface area contributed by atoms with Gasteiger partial charge in [-0.25, -0.2) is 0 Å². The van der Waals surface area contributed by atoms with E-state index in [2.05, 4.69) is 5.32 Å². The zero-order chi connectivity index (χ0) is 10.8. The molecule has 1 aromatic carbocycles. The van der Waals surface area contributed by atoms with Crippen molar-refractivity contribution in [2.45, 2.75) is 18.9 Å². The van der Waals surface area contributed by atoms with Crippen molar-refractivity contribution in [2.24, 2.45) is 0 Å². The first-order valence-electron chi connectivity index (χ1n) is 5.02. The van der Waals surface area contributed by atoms with Gasteiger partial charge in [-0.15, -0.1) is 0 Å². The number of phenolic OH excluding ortho intramolecular Hbond substituents is 1. The molecule has 1 unspecified atom stereocenters. The number of phenols is 1. The van der Waals surface area contributed by atoms with Crippen molar-refractivity contribution in [3.63, 3.8) is 0 Å². The summed E-state index contributed by atoms with van der Waals surface area (Å²) in [6.45, 7) is 0.986. The Morgan fingerprint density at radius 1 is 1.53 bits per heavy atom. The third kappa shape index (κ3) is 1.90. The molecule has 4 heteroatoms. The molecule has 1 aromatic rings. The van der Waals surface area contributed by atoms with Gasteiger partial charge < -0.3 is 15.2 Å². The molecule has 0 spiro atoms. The van der Waals surface area contributed by atoms with Crippen LogP contribution in [0.1, 0.15) is 24.4 Å². The second-order valence-corrected chi connectivity index (χ2v) is 4.07. The zero-order valence-electron chi connectivity index (χ0n) is 8.59. The first kappa shape index (κ1) is 10.6. The second-order valence-electron chi connectivity index (χ2n) is 3.66. The molecule has 15 heavy (non-hydrogen) atoms. The second kappa shape index (κ2) is 4.29. The number of aromatic hydroxyl groups is 1. The highest BCUT2D eigenvalue weighted by atomic mass is 35.5. The number of nitrogens with one attached hydrogen (secondary N) is 1. The largest absolute Gasteiger partial charge is 0.504 e. The molecule has 1 aliphatic heterocycles. The van der Waals surface area contributed by atoms with Crippen LogP contribution in [0.2, 0.25) is 5.02 Å². The fourth-order valence-corrected chi connectivity index (χ4v) is 2.31. The van der Waals surface area contributed by atoms with Gasteiger partial charge >= 0.3 is 0 Å². The minimum Gasteiger partial charge on any atom is -0.504 e. The molecule has 0 aromatic heterocycles. The van der Waals surface area contributed by atoms with Gasteiger partial charge in [-0.2, -0.15) is 0 Å². The number of rotatable bonds is 2. The van der Waals surface area contributed by atoms with Crippen LogP contribution in [-0.2, 0) is 0 Å². The smallest absolute Gasteiger partial charge is 0.166 e. The van der Waals surface area contributed by atoms with Gasteiger partial charge in [0.05, 0.1) is 7.11 Å². The minimum atomic E-state index is 0.144. The Labute approximate surface area is 94.0 Å². The van der Waals surface area contributed by atoms with Crippen molar-refractivity contribution in [1.29, 1.82) is 0 Å². The van der Waals surface area contributed by atoms with E-state index in [9.17, 15) is 5.11 Å².